The molecule has 80 valence electrons. The summed E-state index contributed by atoms with van der Waals surface area (Å²) in [5, 5.41) is 4.35. The summed E-state index contributed by atoms with van der Waals surface area (Å²) in [6.07, 6.45) is 1.67. The van der Waals surface area contributed by atoms with Gasteiger partial charge in [-0.2, -0.15) is 5.10 Å². The average molecular weight is 225 g/mol. The third-order valence-corrected chi connectivity index (χ3v) is 1.86. The smallest absolute Gasteiger partial charge is 0.267 e. The van der Waals surface area contributed by atoms with E-state index in [-0.39, 0.29) is 5.91 Å². The van der Waals surface area contributed by atoms with Crippen molar-refractivity contribution >= 4 is 23.7 Å². The van der Waals surface area contributed by atoms with Crippen LogP contribution in [0.2, 0.25) is 5.02 Å². The van der Waals surface area contributed by atoms with Crippen LogP contribution in [0.15, 0.2) is 29.4 Å². The van der Waals surface area contributed by atoms with Crippen LogP contribution in [-0.2, 0) is 0 Å². The van der Waals surface area contributed by atoms with Crippen LogP contribution in [0.1, 0.15) is 24.2 Å². The van der Waals surface area contributed by atoms with Gasteiger partial charge in [-0.1, -0.05) is 31.5 Å². The highest BCUT2D eigenvalue weighted by Crippen LogP contribution is 2.10. The number of nitrogens with one attached hydrogen (secondary N) is 1. The Morgan fingerprint density at radius 3 is 2.87 bits per heavy atom. The van der Waals surface area contributed by atoms with E-state index in [4.69, 9.17) is 11.6 Å². The summed E-state index contributed by atoms with van der Waals surface area (Å²) in [6.45, 7) is 3.96. The lowest BCUT2D eigenvalue weighted by Crippen LogP contribution is -2.17. The van der Waals surface area contributed by atoms with E-state index in [1.54, 1.807) is 30.5 Å². The van der Waals surface area contributed by atoms with Crippen molar-refractivity contribution in [2.45, 2.75) is 13.8 Å². The molecule has 0 atom stereocenters. The van der Waals surface area contributed by atoms with Gasteiger partial charge >= 0.3 is 0 Å². The first-order valence-electron chi connectivity index (χ1n) is 4.68. The van der Waals surface area contributed by atoms with Gasteiger partial charge in [-0.25, -0.2) is 5.43 Å². The first kappa shape index (κ1) is 11.7. The number of carbonyl (C=O) groups is 1. The maximum atomic E-state index is 11.5. The van der Waals surface area contributed by atoms with Gasteiger partial charge in [0.1, 0.15) is 0 Å². The van der Waals surface area contributed by atoms with Gasteiger partial charge in [-0.05, 0) is 24.1 Å². The van der Waals surface area contributed by atoms with E-state index in [0.717, 1.165) is 0 Å². The second kappa shape index (κ2) is 5.51. The molecule has 1 rings (SSSR count). The topological polar surface area (TPSA) is 41.5 Å². The number of benzene rings is 1. The standard InChI is InChI=1S/C11H13ClN2O/c1-8(2)7-13-14-11(15)9-4-3-5-10(12)6-9/h3-8H,1-2H3,(H,14,15)/b13-7+. The lowest BCUT2D eigenvalue weighted by Gasteiger charge is -2.00. The van der Waals surface area contributed by atoms with Crippen molar-refractivity contribution in [3.8, 4) is 0 Å². The Balaban J connectivity index is 2.62. The first-order chi connectivity index (χ1) is 7.09. The number of nitrogens with zero attached hydrogens (tertiary/aromatic N) is 1. The average Bonchev–Trinajstić information content (AvgIpc) is 2.17. The molecule has 0 aliphatic carbocycles. The fourth-order valence-electron chi connectivity index (χ4n) is 0.939. The van der Waals surface area contributed by atoms with Crippen LogP contribution >= 0.6 is 11.6 Å². The van der Waals surface area contributed by atoms with Crippen LogP contribution in [-0.4, -0.2) is 12.1 Å². The van der Waals surface area contributed by atoms with E-state index in [0.29, 0.717) is 16.5 Å². The highest BCUT2D eigenvalue weighted by Gasteiger charge is 2.03. The SMILES string of the molecule is CC(C)/C=N/NC(=O)c1cccc(Cl)c1. The molecule has 0 radical (unpaired) electrons. The number of halogens is 1. The molecule has 0 saturated carbocycles. The molecule has 0 saturated heterocycles. The predicted octanol–water partition coefficient (Wildman–Crippen LogP) is 2.71. The molecule has 0 aliphatic rings. The minimum Gasteiger partial charge on any atom is -0.267 e. The van der Waals surface area contributed by atoms with Crippen LogP contribution in [0.25, 0.3) is 0 Å². The quantitative estimate of drug-likeness (QED) is 0.623. The molecule has 1 N–H and O–H groups in total. The second-order valence-electron chi connectivity index (χ2n) is 3.47. The molecule has 0 aromatic heterocycles. The highest BCUT2D eigenvalue weighted by atomic mass is 35.5. The maximum Gasteiger partial charge on any atom is 0.271 e. The molecule has 0 fully saturated rings. The van der Waals surface area contributed by atoms with Crippen molar-refractivity contribution in [3.63, 3.8) is 0 Å². The molecule has 0 unspecified atom stereocenters. The third-order valence-electron chi connectivity index (χ3n) is 1.63. The summed E-state index contributed by atoms with van der Waals surface area (Å²) in [5.41, 5.74) is 2.93. The molecule has 0 spiro atoms. The maximum absolute atomic E-state index is 11.5. The summed E-state index contributed by atoms with van der Waals surface area (Å²) < 4.78 is 0. The molecule has 0 bridgehead atoms. The summed E-state index contributed by atoms with van der Waals surface area (Å²) in [7, 11) is 0. The first-order valence-corrected chi connectivity index (χ1v) is 5.06. The Morgan fingerprint density at radius 2 is 2.27 bits per heavy atom. The van der Waals surface area contributed by atoms with E-state index in [2.05, 4.69) is 10.5 Å². The van der Waals surface area contributed by atoms with Gasteiger partial charge in [-0.3, -0.25) is 4.79 Å². The molecular weight excluding hydrogens is 212 g/mol. The van der Waals surface area contributed by atoms with Crippen molar-refractivity contribution in [2.24, 2.45) is 11.0 Å². The Morgan fingerprint density at radius 1 is 1.53 bits per heavy atom. The summed E-state index contributed by atoms with van der Waals surface area (Å²) in [6, 6.07) is 6.73. The van der Waals surface area contributed by atoms with Crippen LogP contribution in [0.4, 0.5) is 0 Å². The largest absolute Gasteiger partial charge is 0.271 e. The molecular formula is C11H13ClN2O. The minimum absolute atomic E-state index is 0.255. The van der Waals surface area contributed by atoms with E-state index in [1.165, 1.54) is 0 Å². The number of amides is 1. The lowest BCUT2D eigenvalue weighted by molar-refractivity contribution is 0.0955. The van der Waals surface area contributed by atoms with Gasteiger partial charge < -0.3 is 0 Å². The predicted molar refractivity (Wildman–Crippen MR) is 62.2 cm³/mol. The number of carbonyl (C=O) groups excluding carboxylic acids is 1. The van der Waals surface area contributed by atoms with Gasteiger partial charge in [0.05, 0.1) is 0 Å². The van der Waals surface area contributed by atoms with Gasteiger partial charge in [0.2, 0.25) is 0 Å². The Kier molecular flexibility index (Phi) is 4.31. The Hall–Kier alpha value is -1.35. The third kappa shape index (κ3) is 4.13. The van der Waals surface area contributed by atoms with Gasteiger partial charge in [-0.15, -0.1) is 0 Å². The molecule has 4 heteroatoms. The molecule has 3 nitrogen and oxygen atoms in total. The molecule has 1 amide bonds. The summed E-state index contributed by atoms with van der Waals surface area (Å²) in [4.78, 5) is 11.5. The zero-order chi connectivity index (χ0) is 11.3. The number of hydrogen-bond acceptors (Lipinski definition) is 2. The van der Waals surface area contributed by atoms with Gasteiger partial charge in [0, 0.05) is 16.8 Å². The number of rotatable bonds is 3. The van der Waals surface area contributed by atoms with Gasteiger partial charge in [0.15, 0.2) is 0 Å². The zero-order valence-corrected chi connectivity index (χ0v) is 9.45. The van der Waals surface area contributed by atoms with Crippen LogP contribution in [0.3, 0.4) is 0 Å². The van der Waals surface area contributed by atoms with Crippen LogP contribution < -0.4 is 5.43 Å². The molecule has 1 aromatic carbocycles. The van der Waals surface area contributed by atoms with E-state index >= 15 is 0 Å². The van der Waals surface area contributed by atoms with Crippen molar-refractivity contribution in [1.29, 1.82) is 0 Å². The monoisotopic (exact) mass is 224 g/mol. The molecule has 0 heterocycles. The summed E-state index contributed by atoms with van der Waals surface area (Å²) >= 11 is 5.75. The fourth-order valence-corrected chi connectivity index (χ4v) is 1.13. The molecule has 15 heavy (non-hydrogen) atoms. The molecule has 1 aromatic rings. The van der Waals surface area contributed by atoms with E-state index < -0.39 is 0 Å². The number of hydrogen-bond donors (Lipinski definition) is 1. The normalized spacial score (nSPS) is 10.9. The van der Waals surface area contributed by atoms with E-state index in [9.17, 15) is 4.79 Å². The fraction of sp³-hybridized carbons (Fsp3) is 0.273. The van der Waals surface area contributed by atoms with Crippen molar-refractivity contribution < 1.29 is 4.79 Å². The minimum atomic E-state index is -0.255. The van der Waals surface area contributed by atoms with Gasteiger partial charge in [0.25, 0.3) is 5.91 Å². The zero-order valence-electron chi connectivity index (χ0n) is 8.70. The van der Waals surface area contributed by atoms with Crippen molar-refractivity contribution in [3.05, 3.63) is 34.9 Å². The van der Waals surface area contributed by atoms with Crippen LogP contribution in [0, 0.1) is 5.92 Å². The van der Waals surface area contributed by atoms with Crippen molar-refractivity contribution in [2.75, 3.05) is 0 Å². The lowest BCUT2D eigenvalue weighted by atomic mass is 10.2. The number of hydrazone groups is 1. The molecule has 0 aliphatic heterocycles. The Labute approximate surface area is 94.1 Å². The Bertz CT molecular complexity index is 375. The second-order valence-corrected chi connectivity index (χ2v) is 3.91. The van der Waals surface area contributed by atoms with Crippen molar-refractivity contribution in [1.82, 2.24) is 5.43 Å². The summed E-state index contributed by atoms with van der Waals surface area (Å²) in [5.74, 6) is 0.0547. The highest BCUT2D eigenvalue weighted by molar-refractivity contribution is 6.30. The van der Waals surface area contributed by atoms with Crippen LogP contribution in [0.5, 0.6) is 0 Å². The van der Waals surface area contributed by atoms with E-state index in [1.807, 2.05) is 13.8 Å².